The lowest BCUT2D eigenvalue weighted by Gasteiger charge is -2.34. The Labute approximate surface area is 101 Å². The molecule has 0 saturated carbocycles. The molecule has 2 rings (SSSR count). The Bertz CT molecular complexity index is 329. The standard InChI is InChI=1S/C11H18ClN3O/c1-14-8-10(7-13-14)2-3-15-4-5-16-9-11(15)6-12/h7-8,11H,2-6,9H2,1H3. The van der Waals surface area contributed by atoms with E-state index in [0.29, 0.717) is 11.9 Å². The number of aromatic nitrogens is 2. The average Bonchev–Trinajstić information content (AvgIpc) is 2.73. The van der Waals surface area contributed by atoms with E-state index in [1.165, 1.54) is 5.56 Å². The number of aryl methyl sites for hydroxylation is 1. The van der Waals surface area contributed by atoms with Gasteiger partial charge in [0.15, 0.2) is 0 Å². The number of morpholine rings is 1. The molecule has 1 fully saturated rings. The topological polar surface area (TPSA) is 30.3 Å². The van der Waals surface area contributed by atoms with Gasteiger partial charge in [0.1, 0.15) is 0 Å². The van der Waals surface area contributed by atoms with Crippen LogP contribution in [0.2, 0.25) is 0 Å². The Morgan fingerprint density at radius 1 is 1.62 bits per heavy atom. The summed E-state index contributed by atoms with van der Waals surface area (Å²) in [4.78, 5) is 2.41. The number of alkyl halides is 1. The molecule has 0 aromatic carbocycles. The second-order valence-electron chi connectivity index (χ2n) is 4.19. The van der Waals surface area contributed by atoms with E-state index in [9.17, 15) is 0 Å². The van der Waals surface area contributed by atoms with Crippen LogP contribution in [0.3, 0.4) is 0 Å². The van der Waals surface area contributed by atoms with E-state index in [4.69, 9.17) is 16.3 Å². The summed E-state index contributed by atoms with van der Waals surface area (Å²) in [6.45, 7) is 3.60. The fourth-order valence-electron chi connectivity index (χ4n) is 2.00. The second kappa shape index (κ2) is 5.66. The summed E-state index contributed by atoms with van der Waals surface area (Å²) in [5.41, 5.74) is 1.28. The molecular weight excluding hydrogens is 226 g/mol. The summed E-state index contributed by atoms with van der Waals surface area (Å²) in [5.74, 6) is 0.646. The predicted molar refractivity (Wildman–Crippen MR) is 63.8 cm³/mol. The van der Waals surface area contributed by atoms with Gasteiger partial charge in [-0.15, -0.1) is 11.6 Å². The van der Waals surface area contributed by atoms with Crippen LogP contribution in [-0.2, 0) is 18.2 Å². The van der Waals surface area contributed by atoms with Crippen molar-refractivity contribution in [2.75, 3.05) is 32.2 Å². The second-order valence-corrected chi connectivity index (χ2v) is 4.50. The highest BCUT2D eigenvalue weighted by molar-refractivity contribution is 6.18. The molecule has 90 valence electrons. The Morgan fingerprint density at radius 3 is 3.19 bits per heavy atom. The van der Waals surface area contributed by atoms with Crippen LogP contribution >= 0.6 is 11.6 Å². The van der Waals surface area contributed by atoms with Crippen LogP contribution in [0.25, 0.3) is 0 Å². The van der Waals surface area contributed by atoms with Crippen molar-refractivity contribution in [3.8, 4) is 0 Å². The first-order valence-electron chi connectivity index (χ1n) is 5.65. The maximum atomic E-state index is 5.92. The number of hydrogen-bond donors (Lipinski definition) is 0. The van der Waals surface area contributed by atoms with Crippen molar-refractivity contribution in [3.63, 3.8) is 0 Å². The van der Waals surface area contributed by atoms with Crippen molar-refractivity contribution in [1.29, 1.82) is 0 Å². The van der Waals surface area contributed by atoms with E-state index in [2.05, 4.69) is 16.2 Å². The van der Waals surface area contributed by atoms with Gasteiger partial charge in [0, 0.05) is 38.3 Å². The average molecular weight is 244 g/mol. The first-order valence-corrected chi connectivity index (χ1v) is 6.18. The number of nitrogens with zero attached hydrogens (tertiary/aromatic N) is 3. The highest BCUT2D eigenvalue weighted by Crippen LogP contribution is 2.10. The molecule has 0 radical (unpaired) electrons. The third-order valence-corrected chi connectivity index (χ3v) is 3.33. The molecule has 0 bridgehead atoms. The van der Waals surface area contributed by atoms with Gasteiger partial charge in [-0.3, -0.25) is 9.58 Å². The maximum Gasteiger partial charge on any atom is 0.0634 e. The fourth-order valence-corrected chi connectivity index (χ4v) is 2.28. The van der Waals surface area contributed by atoms with Gasteiger partial charge in [0.25, 0.3) is 0 Å². The molecule has 16 heavy (non-hydrogen) atoms. The lowest BCUT2D eigenvalue weighted by Crippen LogP contribution is -2.47. The zero-order valence-corrected chi connectivity index (χ0v) is 10.4. The summed E-state index contributed by atoms with van der Waals surface area (Å²) in [5, 5.41) is 4.17. The third kappa shape index (κ3) is 2.97. The number of rotatable bonds is 4. The van der Waals surface area contributed by atoms with Gasteiger partial charge >= 0.3 is 0 Å². The minimum absolute atomic E-state index is 0.368. The molecule has 4 nitrogen and oxygen atoms in total. The molecule has 2 heterocycles. The first kappa shape index (κ1) is 11.9. The monoisotopic (exact) mass is 243 g/mol. The van der Waals surface area contributed by atoms with Gasteiger partial charge < -0.3 is 4.74 Å². The van der Waals surface area contributed by atoms with Crippen LogP contribution in [-0.4, -0.2) is 52.9 Å². The molecule has 0 spiro atoms. The van der Waals surface area contributed by atoms with Gasteiger partial charge in [0.2, 0.25) is 0 Å². The Hall–Kier alpha value is -0.580. The van der Waals surface area contributed by atoms with Crippen LogP contribution in [0, 0.1) is 0 Å². The first-order chi connectivity index (χ1) is 7.79. The van der Waals surface area contributed by atoms with Gasteiger partial charge in [-0.25, -0.2) is 0 Å². The normalized spacial score (nSPS) is 22.5. The summed E-state index contributed by atoms with van der Waals surface area (Å²) >= 11 is 5.92. The van der Waals surface area contributed by atoms with Gasteiger partial charge in [0.05, 0.1) is 19.4 Å². The summed E-state index contributed by atoms with van der Waals surface area (Å²) in [7, 11) is 1.94. The van der Waals surface area contributed by atoms with Crippen molar-refractivity contribution >= 4 is 11.6 Å². The molecule has 1 saturated heterocycles. The molecule has 1 aromatic rings. The molecule has 1 aromatic heterocycles. The minimum atomic E-state index is 0.368. The van der Waals surface area contributed by atoms with Crippen molar-refractivity contribution < 1.29 is 4.74 Å². The van der Waals surface area contributed by atoms with E-state index in [0.717, 1.165) is 32.7 Å². The molecule has 0 aliphatic carbocycles. The molecule has 1 atom stereocenters. The summed E-state index contributed by atoms with van der Waals surface area (Å²) < 4.78 is 7.26. The molecular formula is C11H18ClN3O. The van der Waals surface area contributed by atoms with Crippen LogP contribution in [0.4, 0.5) is 0 Å². The predicted octanol–water partition coefficient (Wildman–Crippen LogP) is 0.902. The number of ether oxygens (including phenoxy) is 1. The largest absolute Gasteiger partial charge is 0.378 e. The molecule has 1 aliphatic rings. The van der Waals surface area contributed by atoms with Gasteiger partial charge in [-0.2, -0.15) is 5.10 Å². The van der Waals surface area contributed by atoms with Crippen LogP contribution in [0.5, 0.6) is 0 Å². The summed E-state index contributed by atoms with van der Waals surface area (Å²) in [6.07, 6.45) is 5.02. The number of halogens is 1. The maximum absolute atomic E-state index is 5.92. The van der Waals surface area contributed by atoms with Gasteiger partial charge in [-0.05, 0) is 12.0 Å². The highest BCUT2D eigenvalue weighted by atomic mass is 35.5. The van der Waals surface area contributed by atoms with E-state index >= 15 is 0 Å². The molecule has 5 heteroatoms. The van der Waals surface area contributed by atoms with Crippen molar-refractivity contribution in [2.24, 2.45) is 7.05 Å². The van der Waals surface area contributed by atoms with Gasteiger partial charge in [-0.1, -0.05) is 0 Å². The lowest BCUT2D eigenvalue weighted by molar-refractivity contribution is 0.00168. The van der Waals surface area contributed by atoms with Crippen LogP contribution in [0.1, 0.15) is 5.56 Å². The Kier molecular flexibility index (Phi) is 4.21. The van der Waals surface area contributed by atoms with E-state index < -0.39 is 0 Å². The zero-order chi connectivity index (χ0) is 11.4. The number of hydrogen-bond acceptors (Lipinski definition) is 3. The third-order valence-electron chi connectivity index (χ3n) is 2.97. The summed E-state index contributed by atoms with van der Waals surface area (Å²) in [6, 6.07) is 0.368. The molecule has 0 amide bonds. The Morgan fingerprint density at radius 2 is 2.50 bits per heavy atom. The highest BCUT2D eigenvalue weighted by Gasteiger charge is 2.21. The molecule has 1 aliphatic heterocycles. The van der Waals surface area contributed by atoms with E-state index in [1.807, 2.05) is 17.9 Å². The van der Waals surface area contributed by atoms with Crippen molar-refractivity contribution in [2.45, 2.75) is 12.5 Å². The fraction of sp³-hybridized carbons (Fsp3) is 0.727. The SMILES string of the molecule is Cn1cc(CCN2CCOCC2CCl)cn1. The van der Waals surface area contributed by atoms with E-state index in [-0.39, 0.29) is 0 Å². The van der Waals surface area contributed by atoms with Crippen LogP contribution in [0.15, 0.2) is 12.4 Å². The van der Waals surface area contributed by atoms with E-state index in [1.54, 1.807) is 0 Å². The lowest BCUT2D eigenvalue weighted by atomic mass is 10.2. The minimum Gasteiger partial charge on any atom is -0.378 e. The quantitative estimate of drug-likeness (QED) is 0.737. The van der Waals surface area contributed by atoms with Crippen LogP contribution < -0.4 is 0 Å². The smallest absolute Gasteiger partial charge is 0.0634 e. The molecule has 0 N–H and O–H groups in total. The van der Waals surface area contributed by atoms with Crippen molar-refractivity contribution in [1.82, 2.24) is 14.7 Å². The Balaban J connectivity index is 1.84. The van der Waals surface area contributed by atoms with Crippen molar-refractivity contribution in [3.05, 3.63) is 18.0 Å². The zero-order valence-electron chi connectivity index (χ0n) is 9.60. The molecule has 1 unspecified atom stereocenters.